The van der Waals surface area contributed by atoms with E-state index in [4.69, 9.17) is 11.6 Å². The van der Waals surface area contributed by atoms with Gasteiger partial charge in [0.1, 0.15) is 4.90 Å². The van der Waals surface area contributed by atoms with Gasteiger partial charge >= 0.3 is 0 Å². The van der Waals surface area contributed by atoms with E-state index < -0.39 is 51.5 Å². The lowest BCUT2D eigenvalue weighted by atomic mass is 10.2. The van der Waals surface area contributed by atoms with Crippen LogP contribution in [0, 0.1) is 17.5 Å². The number of sulfonamides is 1. The number of rotatable bonds is 6. The number of anilines is 1. The summed E-state index contributed by atoms with van der Waals surface area (Å²) in [5, 5.41) is 1.92. The molecule has 0 aliphatic rings. The molecule has 2 N–H and O–H groups in total. The second kappa shape index (κ2) is 8.80. The van der Waals surface area contributed by atoms with Gasteiger partial charge in [0.15, 0.2) is 17.5 Å². The monoisotopic (exact) mass is 449 g/mol. The summed E-state index contributed by atoms with van der Waals surface area (Å²) < 4.78 is 65.8. The Morgan fingerprint density at radius 1 is 1.10 bits per heavy atom. The lowest BCUT2D eigenvalue weighted by Gasteiger charge is -2.18. The molecule has 2 aromatic rings. The van der Waals surface area contributed by atoms with Crippen molar-refractivity contribution in [2.45, 2.75) is 4.90 Å². The topological polar surface area (TPSA) is 95.6 Å². The van der Waals surface area contributed by atoms with Crippen LogP contribution in [0.4, 0.5) is 18.9 Å². The summed E-state index contributed by atoms with van der Waals surface area (Å²) in [7, 11) is -1.51. The molecule has 0 aromatic heterocycles. The molecule has 0 heterocycles. The number of nitrogens with one attached hydrogen (secondary N) is 2. The molecular weight excluding hydrogens is 435 g/mol. The second-order valence-electron chi connectivity index (χ2n) is 5.79. The van der Waals surface area contributed by atoms with Gasteiger partial charge in [-0.15, -0.1) is 0 Å². The molecule has 7 nitrogen and oxygen atoms in total. The predicted octanol–water partition coefficient (Wildman–Crippen LogP) is 2.38. The van der Waals surface area contributed by atoms with E-state index in [0.29, 0.717) is 6.07 Å². The second-order valence-corrected chi connectivity index (χ2v) is 8.05. The van der Waals surface area contributed by atoms with E-state index >= 15 is 0 Å². The Balaban J connectivity index is 2.16. The van der Waals surface area contributed by atoms with Crippen molar-refractivity contribution < 1.29 is 31.2 Å². The van der Waals surface area contributed by atoms with Crippen LogP contribution in [0.3, 0.4) is 0 Å². The van der Waals surface area contributed by atoms with E-state index in [1.54, 1.807) is 0 Å². The van der Waals surface area contributed by atoms with Gasteiger partial charge in [-0.3, -0.25) is 9.59 Å². The molecule has 0 spiro atoms. The van der Waals surface area contributed by atoms with Gasteiger partial charge in [-0.2, -0.15) is 0 Å². The first kappa shape index (κ1) is 22.7. The first-order valence-corrected chi connectivity index (χ1v) is 9.76. The fourth-order valence-corrected chi connectivity index (χ4v) is 3.52. The van der Waals surface area contributed by atoms with Crippen LogP contribution in [0.2, 0.25) is 5.02 Å². The highest BCUT2D eigenvalue weighted by Crippen LogP contribution is 2.23. The van der Waals surface area contributed by atoms with E-state index in [-0.39, 0.29) is 15.5 Å². The number of benzene rings is 2. The smallest absolute Gasteiger partial charge is 0.254 e. The highest BCUT2D eigenvalue weighted by Gasteiger charge is 2.22. The molecule has 0 bridgehead atoms. The average Bonchev–Trinajstić information content (AvgIpc) is 2.68. The molecule has 0 radical (unpaired) electrons. The van der Waals surface area contributed by atoms with Gasteiger partial charge in [0, 0.05) is 12.6 Å². The summed E-state index contributed by atoms with van der Waals surface area (Å²) >= 11 is 5.86. The Bertz CT molecular complexity index is 1080. The van der Waals surface area contributed by atoms with Crippen molar-refractivity contribution in [3.05, 3.63) is 58.4 Å². The van der Waals surface area contributed by atoms with Gasteiger partial charge in [-0.25, -0.2) is 26.3 Å². The Labute approximate surface area is 169 Å². The zero-order valence-corrected chi connectivity index (χ0v) is 16.7. The fraction of sp³-hybridized carbons (Fsp3) is 0.176. The third-order valence-corrected chi connectivity index (χ3v) is 5.67. The minimum atomic E-state index is -3.93. The molecule has 0 aliphatic heterocycles. The molecule has 0 saturated carbocycles. The largest absolute Gasteiger partial charge is 0.332 e. The molecule has 12 heteroatoms. The standard InChI is InChI=1S/C17H15ClF3N3O4S/c1-22-29(27,28)13-7-9(3-4-10(13)18)17(26)24(2)8-14(25)23-12-6-5-11(19)15(20)16(12)21/h3-7,22H,8H2,1-2H3,(H,23,25). The third-order valence-electron chi connectivity index (χ3n) is 3.77. The van der Waals surface area contributed by atoms with Crippen LogP contribution < -0.4 is 10.0 Å². The van der Waals surface area contributed by atoms with E-state index in [1.807, 2.05) is 5.32 Å². The van der Waals surface area contributed by atoms with Crippen LogP contribution in [0.5, 0.6) is 0 Å². The molecule has 2 rings (SSSR count). The number of hydrogen-bond acceptors (Lipinski definition) is 4. The van der Waals surface area contributed by atoms with Gasteiger partial charge in [0.25, 0.3) is 5.91 Å². The van der Waals surface area contributed by atoms with Gasteiger partial charge in [0.2, 0.25) is 15.9 Å². The van der Waals surface area contributed by atoms with Crippen molar-refractivity contribution in [1.82, 2.24) is 9.62 Å². The summed E-state index contributed by atoms with van der Waals surface area (Å²) in [6.45, 7) is -0.575. The highest BCUT2D eigenvalue weighted by atomic mass is 35.5. The normalized spacial score (nSPS) is 11.2. The first-order chi connectivity index (χ1) is 13.5. The van der Waals surface area contributed by atoms with Crippen molar-refractivity contribution >= 4 is 39.1 Å². The molecule has 0 aliphatic carbocycles. The van der Waals surface area contributed by atoms with E-state index in [2.05, 4.69) is 4.72 Å². The molecule has 0 saturated heterocycles. The SMILES string of the molecule is CNS(=O)(=O)c1cc(C(=O)N(C)CC(=O)Nc2ccc(F)c(F)c2F)ccc1Cl. The van der Waals surface area contributed by atoms with Gasteiger partial charge in [0.05, 0.1) is 17.3 Å². The van der Waals surface area contributed by atoms with Gasteiger partial charge in [-0.1, -0.05) is 11.6 Å². The summed E-state index contributed by atoms with van der Waals surface area (Å²) in [5.41, 5.74) is -0.666. The Morgan fingerprint density at radius 3 is 2.38 bits per heavy atom. The molecule has 29 heavy (non-hydrogen) atoms. The molecule has 2 amide bonds. The Kier molecular flexibility index (Phi) is 6.88. The van der Waals surface area contributed by atoms with Crippen LogP contribution in [-0.4, -0.2) is 45.8 Å². The molecule has 0 unspecified atom stereocenters. The lowest BCUT2D eigenvalue weighted by Crippen LogP contribution is -2.35. The quantitative estimate of drug-likeness (QED) is 0.662. The van der Waals surface area contributed by atoms with Crippen LogP contribution in [0.25, 0.3) is 0 Å². The molecular formula is C17H15ClF3N3O4S. The number of halogens is 4. The van der Waals surface area contributed by atoms with Crippen LogP contribution in [0.15, 0.2) is 35.2 Å². The van der Waals surface area contributed by atoms with E-state index in [9.17, 15) is 31.2 Å². The number of carbonyl (C=O) groups excluding carboxylic acids is 2. The Hall–Kier alpha value is -2.63. The van der Waals surface area contributed by atoms with E-state index in [0.717, 1.165) is 17.0 Å². The predicted molar refractivity (Wildman–Crippen MR) is 99.6 cm³/mol. The fourth-order valence-electron chi connectivity index (χ4n) is 2.27. The number of hydrogen-bond donors (Lipinski definition) is 2. The van der Waals surface area contributed by atoms with Gasteiger partial charge < -0.3 is 10.2 Å². The van der Waals surface area contributed by atoms with Crippen molar-refractivity contribution in [3.8, 4) is 0 Å². The average molecular weight is 450 g/mol. The maximum absolute atomic E-state index is 13.6. The zero-order valence-electron chi connectivity index (χ0n) is 15.1. The number of likely N-dealkylation sites (N-methyl/N-ethyl adjacent to an activating group) is 1. The number of carbonyl (C=O) groups is 2. The van der Waals surface area contributed by atoms with Crippen LogP contribution in [0.1, 0.15) is 10.4 Å². The lowest BCUT2D eigenvalue weighted by molar-refractivity contribution is -0.116. The van der Waals surface area contributed by atoms with Crippen LogP contribution >= 0.6 is 11.6 Å². The number of amides is 2. The van der Waals surface area contributed by atoms with Crippen molar-refractivity contribution in [2.75, 3.05) is 26.0 Å². The zero-order chi connectivity index (χ0) is 21.9. The third kappa shape index (κ3) is 5.05. The highest BCUT2D eigenvalue weighted by molar-refractivity contribution is 7.89. The minimum absolute atomic E-state index is 0.0717. The Morgan fingerprint density at radius 2 is 1.76 bits per heavy atom. The molecule has 2 aromatic carbocycles. The van der Waals surface area contributed by atoms with Crippen molar-refractivity contribution in [1.29, 1.82) is 0 Å². The maximum Gasteiger partial charge on any atom is 0.254 e. The molecule has 0 atom stereocenters. The van der Waals surface area contributed by atoms with E-state index in [1.165, 1.54) is 26.2 Å². The first-order valence-electron chi connectivity index (χ1n) is 7.90. The van der Waals surface area contributed by atoms with Crippen molar-refractivity contribution in [3.63, 3.8) is 0 Å². The minimum Gasteiger partial charge on any atom is -0.332 e. The summed E-state index contributed by atoms with van der Waals surface area (Å²) in [6, 6.07) is 4.99. The maximum atomic E-state index is 13.6. The van der Waals surface area contributed by atoms with Crippen molar-refractivity contribution in [2.24, 2.45) is 0 Å². The number of nitrogens with zero attached hydrogens (tertiary/aromatic N) is 1. The van der Waals surface area contributed by atoms with Gasteiger partial charge in [-0.05, 0) is 37.4 Å². The molecule has 156 valence electrons. The summed E-state index contributed by atoms with van der Waals surface area (Å²) in [4.78, 5) is 25.1. The van der Waals surface area contributed by atoms with Crippen LogP contribution in [-0.2, 0) is 14.8 Å². The summed E-state index contributed by atoms with van der Waals surface area (Å²) in [5.74, 6) is -6.35. The summed E-state index contributed by atoms with van der Waals surface area (Å²) in [6.07, 6.45) is 0. The molecule has 0 fully saturated rings.